The van der Waals surface area contributed by atoms with Crippen molar-refractivity contribution < 1.29 is 5.11 Å². The summed E-state index contributed by atoms with van der Waals surface area (Å²) in [6.07, 6.45) is 26.1. The van der Waals surface area contributed by atoms with Crippen LogP contribution in [0.5, 0.6) is 0 Å². The highest BCUT2D eigenvalue weighted by molar-refractivity contribution is 5.11. The van der Waals surface area contributed by atoms with Crippen LogP contribution in [0.1, 0.15) is 149 Å². The lowest BCUT2D eigenvalue weighted by Crippen LogP contribution is -2.21. The van der Waals surface area contributed by atoms with Gasteiger partial charge in [0.05, 0.1) is 0 Å². The molecule has 0 aliphatic heterocycles. The maximum atomic E-state index is 10.3. The van der Waals surface area contributed by atoms with Crippen LogP contribution in [-0.4, -0.2) is 10.7 Å². The highest BCUT2D eigenvalue weighted by Gasteiger charge is 2.15. The fraction of sp³-hybridized carbons (Fsp3) is 0.923. The molecule has 160 valence electrons. The number of aliphatic hydroxyl groups is 1. The van der Waals surface area contributed by atoms with Crippen molar-refractivity contribution in [2.24, 2.45) is 0 Å². The average Bonchev–Trinajstić information content (AvgIpc) is 2.65. The fourth-order valence-electron chi connectivity index (χ4n) is 3.62. The predicted octanol–water partition coefficient (Wildman–Crippen LogP) is 8.58. The van der Waals surface area contributed by atoms with Crippen LogP contribution in [-0.2, 0) is 0 Å². The molecule has 0 amide bonds. The molecule has 0 saturated heterocycles. The first kappa shape index (κ1) is 26.5. The van der Waals surface area contributed by atoms with E-state index in [9.17, 15) is 5.11 Å². The first-order valence-corrected chi connectivity index (χ1v) is 12.3. The molecule has 0 aliphatic carbocycles. The Balaban J connectivity index is 3.33. The molecule has 27 heavy (non-hydrogen) atoms. The minimum Gasteiger partial charge on any atom is -0.378 e. The van der Waals surface area contributed by atoms with Crippen LogP contribution in [0.25, 0.3) is 0 Å². The molecular weight excluding hydrogens is 328 g/mol. The molecule has 1 atom stereocenters. The van der Waals surface area contributed by atoms with Crippen LogP contribution in [0, 0.1) is 11.8 Å². The van der Waals surface area contributed by atoms with Gasteiger partial charge in [0, 0.05) is 6.42 Å². The fourth-order valence-corrected chi connectivity index (χ4v) is 3.62. The van der Waals surface area contributed by atoms with Crippen molar-refractivity contribution in [1.29, 1.82) is 0 Å². The second kappa shape index (κ2) is 20.3. The van der Waals surface area contributed by atoms with Gasteiger partial charge in [-0.1, -0.05) is 123 Å². The van der Waals surface area contributed by atoms with Crippen molar-refractivity contribution in [2.45, 2.75) is 155 Å². The summed E-state index contributed by atoms with van der Waals surface area (Å²) in [5, 5.41) is 10.3. The molecule has 0 spiro atoms. The van der Waals surface area contributed by atoms with Crippen LogP contribution in [0.3, 0.4) is 0 Å². The summed E-state index contributed by atoms with van der Waals surface area (Å²) in [5.74, 6) is 6.30. The molecular formula is C26H50O. The van der Waals surface area contributed by atoms with Gasteiger partial charge in [0.2, 0.25) is 0 Å². The lowest BCUT2D eigenvalue weighted by atomic mass is 9.98. The van der Waals surface area contributed by atoms with Gasteiger partial charge in [0.15, 0.2) is 0 Å². The quantitative estimate of drug-likeness (QED) is 0.176. The third-order valence-electron chi connectivity index (χ3n) is 5.53. The summed E-state index contributed by atoms with van der Waals surface area (Å²) < 4.78 is 0. The van der Waals surface area contributed by atoms with E-state index in [0.717, 1.165) is 19.3 Å². The van der Waals surface area contributed by atoms with Gasteiger partial charge in [0.25, 0.3) is 0 Å². The molecule has 0 radical (unpaired) electrons. The minimum atomic E-state index is -0.774. The zero-order valence-corrected chi connectivity index (χ0v) is 19.1. The van der Waals surface area contributed by atoms with Gasteiger partial charge in [-0.05, 0) is 26.2 Å². The van der Waals surface area contributed by atoms with E-state index in [1.807, 2.05) is 6.92 Å². The predicted molar refractivity (Wildman–Crippen MR) is 122 cm³/mol. The summed E-state index contributed by atoms with van der Waals surface area (Å²) in [7, 11) is 0. The zero-order chi connectivity index (χ0) is 20.1. The SMILES string of the molecule is CCCCCCCCCCCCCCCCC#CC(C)(O)CCCCCC. The number of unbranched alkanes of at least 4 members (excludes halogenated alkanes) is 17. The summed E-state index contributed by atoms with van der Waals surface area (Å²) in [6.45, 7) is 6.38. The summed E-state index contributed by atoms with van der Waals surface area (Å²) in [4.78, 5) is 0. The largest absolute Gasteiger partial charge is 0.378 e. The van der Waals surface area contributed by atoms with Crippen LogP contribution >= 0.6 is 0 Å². The Morgan fingerprint density at radius 2 is 0.926 bits per heavy atom. The van der Waals surface area contributed by atoms with Crippen molar-refractivity contribution in [2.75, 3.05) is 0 Å². The molecule has 1 N–H and O–H groups in total. The molecule has 1 nitrogen and oxygen atoms in total. The van der Waals surface area contributed by atoms with Gasteiger partial charge < -0.3 is 5.11 Å². The monoisotopic (exact) mass is 378 g/mol. The highest BCUT2D eigenvalue weighted by atomic mass is 16.3. The van der Waals surface area contributed by atoms with Crippen molar-refractivity contribution in [3.05, 3.63) is 0 Å². The maximum absolute atomic E-state index is 10.3. The van der Waals surface area contributed by atoms with Gasteiger partial charge in [-0.25, -0.2) is 0 Å². The Bertz CT molecular complexity index is 347. The summed E-state index contributed by atoms with van der Waals surface area (Å²) >= 11 is 0. The van der Waals surface area contributed by atoms with E-state index in [4.69, 9.17) is 0 Å². The van der Waals surface area contributed by atoms with Crippen LogP contribution in [0.2, 0.25) is 0 Å². The van der Waals surface area contributed by atoms with Crippen LogP contribution in [0.4, 0.5) is 0 Å². The van der Waals surface area contributed by atoms with E-state index in [-0.39, 0.29) is 0 Å². The van der Waals surface area contributed by atoms with E-state index < -0.39 is 5.60 Å². The smallest absolute Gasteiger partial charge is 0.122 e. The Morgan fingerprint density at radius 1 is 0.556 bits per heavy atom. The normalized spacial score (nSPS) is 13.2. The van der Waals surface area contributed by atoms with Gasteiger partial charge in [-0.3, -0.25) is 0 Å². The number of hydrogen-bond acceptors (Lipinski definition) is 1. The molecule has 0 aromatic carbocycles. The summed E-state index contributed by atoms with van der Waals surface area (Å²) in [5.41, 5.74) is -0.774. The van der Waals surface area contributed by atoms with E-state index in [2.05, 4.69) is 25.7 Å². The van der Waals surface area contributed by atoms with Gasteiger partial charge >= 0.3 is 0 Å². The van der Waals surface area contributed by atoms with Crippen molar-refractivity contribution in [3.8, 4) is 11.8 Å². The topological polar surface area (TPSA) is 20.2 Å². The van der Waals surface area contributed by atoms with Crippen molar-refractivity contribution in [1.82, 2.24) is 0 Å². The molecule has 0 saturated carbocycles. The second-order valence-electron chi connectivity index (χ2n) is 8.73. The second-order valence-corrected chi connectivity index (χ2v) is 8.73. The lowest BCUT2D eigenvalue weighted by Gasteiger charge is -2.15. The number of hydrogen-bond donors (Lipinski definition) is 1. The van der Waals surface area contributed by atoms with Crippen LogP contribution < -0.4 is 0 Å². The van der Waals surface area contributed by atoms with E-state index in [0.29, 0.717) is 0 Å². The molecule has 0 aliphatic rings. The van der Waals surface area contributed by atoms with Crippen LogP contribution in [0.15, 0.2) is 0 Å². The van der Waals surface area contributed by atoms with E-state index >= 15 is 0 Å². The van der Waals surface area contributed by atoms with Crippen molar-refractivity contribution >= 4 is 0 Å². The molecule has 0 bridgehead atoms. The van der Waals surface area contributed by atoms with Gasteiger partial charge in [-0.2, -0.15) is 0 Å². The molecule has 0 rings (SSSR count). The number of rotatable bonds is 19. The first-order chi connectivity index (χ1) is 13.1. The zero-order valence-electron chi connectivity index (χ0n) is 19.1. The van der Waals surface area contributed by atoms with E-state index in [1.54, 1.807) is 0 Å². The Labute approximate surface area is 172 Å². The molecule has 0 fully saturated rings. The minimum absolute atomic E-state index is 0.774. The molecule has 1 unspecified atom stereocenters. The molecule has 0 aromatic heterocycles. The average molecular weight is 379 g/mol. The third kappa shape index (κ3) is 21.7. The van der Waals surface area contributed by atoms with Gasteiger partial charge in [-0.15, -0.1) is 5.92 Å². The Morgan fingerprint density at radius 3 is 1.37 bits per heavy atom. The first-order valence-electron chi connectivity index (χ1n) is 12.3. The molecule has 0 aromatic rings. The van der Waals surface area contributed by atoms with E-state index in [1.165, 1.54) is 109 Å². The Kier molecular flexibility index (Phi) is 19.9. The third-order valence-corrected chi connectivity index (χ3v) is 5.53. The molecule has 0 heterocycles. The standard InChI is InChI=1S/C26H50O/c1-4-6-8-10-11-12-13-14-15-16-17-18-19-20-21-23-25-26(3,27)24-22-9-7-5-2/h27H,4-22,24H2,1-3H3. The summed E-state index contributed by atoms with van der Waals surface area (Å²) in [6, 6.07) is 0. The van der Waals surface area contributed by atoms with Crippen molar-refractivity contribution in [3.63, 3.8) is 0 Å². The maximum Gasteiger partial charge on any atom is 0.122 e. The van der Waals surface area contributed by atoms with Gasteiger partial charge in [0.1, 0.15) is 5.60 Å². The molecule has 1 heteroatoms. The lowest BCUT2D eigenvalue weighted by molar-refractivity contribution is 0.109. The Hall–Kier alpha value is -0.480. The highest BCUT2D eigenvalue weighted by Crippen LogP contribution is 2.15.